The monoisotopic (exact) mass is 365 g/mol. The van der Waals surface area contributed by atoms with Crippen molar-refractivity contribution in [2.24, 2.45) is 0 Å². The summed E-state index contributed by atoms with van der Waals surface area (Å²) in [6.45, 7) is 3.25. The second-order valence-corrected chi connectivity index (χ2v) is 6.66. The molecule has 0 aliphatic carbocycles. The number of hydrogen-bond acceptors (Lipinski definition) is 1. The van der Waals surface area contributed by atoms with E-state index in [1.165, 1.54) is 11.1 Å². The number of nitrogens with one attached hydrogen (secondary N) is 1. The molecule has 1 nitrogen and oxygen atoms in total. The van der Waals surface area contributed by atoms with E-state index in [-0.39, 0.29) is 0 Å². The molecule has 0 fully saturated rings. The van der Waals surface area contributed by atoms with Crippen molar-refractivity contribution in [1.29, 1.82) is 0 Å². The molecule has 0 amide bonds. The molecule has 0 saturated carbocycles. The first-order chi connectivity index (χ1) is 10.2. The number of halogens is 2. The van der Waals surface area contributed by atoms with Crippen LogP contribution in [0, 0.1) is 0 Å². The third-order valence-corrected chi connectivity index (χ3v) is 4.25. The van der Waals surface area contributed by atoms with Gasteiger partial charge in [0.25, 0.3) is 0 Å². The van der Waals surface area contributed by atoms with Gasteiger partial charge in [-0.1, -0.05) is 58.7 Å². The normalized spacial score (nSPS) is 12.3. The zero-order valence-electron chi connectivity index (χ0n) is 12.3. The molecule has 0 spiro atoms. The highest BCUT2D eigenvalue weighted by Gasteiger charge is 2.10. The predicted octanol–water partition coefficient (Wildman–Crippen LogP) is 5.26. The SMILES string of the molecule is CCCNC(Cc1ccc(Cl)cc1)Cc1ccc(Br)cc1. The van der Waals surface area contributed by atoms with Crippen molar-refractivity contribution in [2.75, 3.05) is 6.54 Å². The Hall–Kier alpha value is -0.830. The zero-order valence-corrected chi connectivity index (χ0v) is 14.6. The van der Waals surface area contributed by atoms with Crippen molar-refractivity contribution in [1.82, 2.24) is 5.32 Å². The fraction of sp³-hybridized carbons (Fsp3) is 0.333. The number of rotatable bonds is 7. The Labute approximate surface area is 140 Å². The van der Waals surface area contributed by atoms with Crippen molar-refractivity contribution in [3.05, 3.63) is 69.2 Å². The molecule has 1 N–H and O–H groups in total. The molecular weight excluding hydrogens is 346 g/mol. The Balaban J connectivity index is 2.02. The molecule has 1 atom stereocenters. The van der Waals surface area contributed by atoms with Gasteiger partial charge in [0.05, 0.1) is 0 Å². The summed E-state index contributed by atoms with van der Waals surface area (Å²) in [4.78, 5) is 0. The molecule has 21 heavy (non-hydrogen) atoms. The molecule has 0 aromatic heterocycles. The lowest BCUT2D eigenvalue weighted by Gasteiger charge is -2.19. The standard InChI is InChI=1S/C18H21BrClN/c1-2-11-21-18(12-14-3-7-16(19)8-4-14)13-15-5-9-17(20)10-6-15/h3-10,18,21H,2,11-13H2,1H3. The van der Waals surface area contributed by atoms with Crippen LogP contribution in [-0.4, -0.2) is 12.6 Å². The maximum Gasteiger partial charge on any atom is 0.0406 e. The minimum atomic E-state index is 0.451. The summed E-state index contributed by atoms with van der Waals surface area (Å²) in [5, 5.41) is 4.45. The van der Waals surface area contributed by atoms with E-state index in [4.69, 9.17) is 11.6 Å². The summed E-state index contributed by atoms with van der Waals surface area (Å²) in [7, 11) is 0. The maximum atomic E-state index is 5.96. The second kappa shape index (κ2) is 8.57. The van der Waals surface area contributed by atoms with E-state index < -0.39 is 0 Å². The molecular formula is C18H21BrClN. The van der Waals surface area contributed by atoms with Crippen LogP contribution < -0.4 is 5.32 Å². The second-order valence-electron chi connectivity index (χ2n) is 5.31. The van der Waals surface area contributed by atoms with Crippen LogP contribution >= 0.6 is 27.5 Å². The summed E-state index contributed by atoms with van der Waals surface area (Å²) in [5.74, 6) is 0. The van der Waals surface area contributed by atoms with Crippen molar-refractivity contribution < 1.29 is 0 Å². The van der Waals surface area contributed by atoms with E-state index in [0.717, 1.165) is 35.3 Å². The Kier molecular flexibility index (Phi) is 6.75. The minimum Gasteiger partial charge on any atom is -0.313 e. The van der Waals surface area contributed by atoms with E-state index in [1.54, 1.807) is 0 Å². The molecule has 3 heteroatoms. The molecule has 1 unspecified atom stereocenters. The van der Waals surface area contributed by atoms with Gasteiger partial charge in [-0.05, 0) is 61.2 Å². The molecule has 2 rings (SSSR count). The van der Waals surface area contributed by atoms with Gasteiger partial charge in [0, 0.05) is 15.5 Å². The van der Waals surface area contributed by atoms with Crippen LogP contribution in [-0.2, 0) is 12.8 Å². The van der Waals surface area contributed by atoms with E-state index in [1.807, 2.05) is 12.1 Å². The number of benzene rings is 2. The van der Waals surface area contributed by atoms with Crippen LogP contribution in [0.5, 0.6) is 0 Å². The highest BCUT2D eigenvalue weighted by Crippen LogP contribution is 2.15. The lowest BCUT2D eigenvalue weighted by Crippen LogP contribution is -2.33. The van der Waals surface area contributed by atoms with Crippen LogP contribution in [0.4, 0.5) is 0 Å². The van der Waals surface area contributed by atoms with E-state index in [2.05, 4.69) is 64.6 Å². The topological polar surface area (TPSA) is 12.0 Å². The summed E-state index contributed by atoms with van der Waals surface area (Å²) in [6.07, 6.45) is 3.21. The Morgan fingerprint density at radius 3 is 2.00 bits per heavy atom. The molecule has 0 aliphatic heterocycles. The van der Waals surface area contributed by atoms with Crippen LogP contribution in [0.2, 0.25) is 5.02 Å². The highest BCUT2D eigenvalue weighted by atomic mass is 79.9. The zero-order chi connectivity index (χ0) is 15.1. The van der Waals surface area contributed by atoms with Gasteiger partial charge in [0.1, 0.15) is 0 Å². The molecule has 2 aromatic rings. The molecule has 0 saturated heterocycles. The van der Waals surface area contributed by atoms with Gasteiger partial charge < -0.3 is 5.32 Å². The van der Waals surface area contributed by atoms with E-state index in [0.29, 0.717) is 6.04 Å². The van der Waals surface area contributed by atoms with Crippen LogP contribution in [0.1, 0.15) is 24.5 Å². The summed E-state index contributed by atoms with van der Waals surface area (Å²) in [6, 6.07) is 17.2. The minimum absolute atomic E-state index is 0.451. The smallest absolute Gasteiger partial charge is 0.0406 e. The molecule has 0 aliphatic rings. The molecule has 2 aromatic carbocycles. The van der Waals surface area contributed by atoms with Crippen LogP contribution in [0.3, 0.4) is 0 Å². The van der Waals surface area contributed by atoms with Crippen molar-refractivity contribution in [3.8, 4) is 0 Å². The Morgan fingerprint density at radius 2 is 1.48 bits per heavy atom. The lowest BCUT2D eigenvalue weighted by molar-refractivity contribution is 0.505. The number of hydrogen-bond donors (Lipinski definition) is 1. The van der Waals surface area contributed by atoms with Crippen LogP contribution in [0.25, 0.3) is 0 Å². The average Bonchev–Trinajstić information content (AvgIpc) is 2.49. The predicted molar refractivity (Wildman–Crippen MR) is 95.1 cm³/mol. The Morgan fingerprint density at radius 1 is 0.952 bits per heavy atom. The summed E-state index contributed by atoms with van der Waals surface area (Å²) in [5.41, 5.74) is 2.69. The third kappa shape index (κ3) is 5.82. The molecule has 112 valence electrons. The van der Waals surface area contributed by atoms with Gasteiger partial charge in [-0.3, -0.25) is 0 Å². The van der Waals surface area contributed by atoms with Crippen molar-refractivity contribution in [2.45, 2.75) is 32.2 Å². The maximum absolute atomic E-state index is 5.96. The first-order valence-electron chi connectivity index (χ1n) is 7.39. The first-order valence-corrected chi connectivity index (χ1v) is 8.56. The van der Waals surface area contributed by atoms with Crippen molar-refractivity contribution >= 4 is 27.5 Å². The largest absolute Gasteiger partial charge is 0.313 e. The Bertz CT molecular complexity index is 489. The summed E-state index contributed by atoms with van der Waals surface area (Å²) >= 11 is 9.44. The summed E-state index contributed by atoms with van der Waals surface area (Å²) < 4.78 is 1.13. The quantitative estimate of drug-likeness (QED) is 0.705. The fourth-order valence-corrected chi connectivity index (χ4v) is 2.77. The third-order valence-electron chi connectivity index (χ3n) is 3.47. The molecule has 0 radical (unpaired) electrons. The van der Waals surface area contributed by atoms with Crippen molar-refractivity contribution in [3.63, 3.8) is 0 Å². The average molecular weight is 367 g/mol. The lowest BCUT2D eigenvalue weighted by atomic mass is 9.99. The molecule has 0 bridgehead atoms. The van der Waals surface area contributed by atoms with Gasteiger partial charge in [0.2, 0.25) is 0 Å². The van der Waals surface area contributed by atoms with E-state index >= 15 is 0 Å². The highest BCUT2D eigenvalue weighted by molar-refractivity contribution is 9.10. The van der Waals surface area contributed by atoms with Crippen LogP contribution in [0.15, 0.2) is 53.0 Å². The fourth-order valence-electron chi connectivity index (χ4n) is 2.37. The first kappa shape index (κ1) is 16.5. The van der Waals surface area contributed by atoms with Gasteiger partial charge in [0.15, 0.2) is 0 Å². The van der Waals surface area contributed by atoms with Gasteiger partial charge in [-0.2, -0.15) is 0 Å². The molecule has 0 heterocycles. The van der Waals surface area contributed by atoms with Gasteiger partial charge >= 0.3 is 0 Å². The van der Waals surface area contributed by atoms with Gasteiger partial charge in [-0.15, -0.1) is 0 Å². The van der Waals surface area contributed by atoms with Gasteiger partial charge in [-0.25, -0.2) is 0 Å². The van der Waals surface area contributed by atoms with E-state index in [9.17, 15) is 0 Å².